The van der Waals surface area contributed by atoms with E-state index in [9.17, 15) is 0 Å². The molecule has 0 amide bonds. The third kappa shape index (κ3) is 1.74. The molecule has 0 aromatic carbocycles. The van der Waals surface area contributed by atoms with Crippen LogP contribution in [0.2, 0.25) is 0 Å². The van der Waals surface area contributed by atoms with Gasteiger partial charge in [0.05, 0.1) is 12.7 Å². The highest BCUT2D eigenvalue weighted by Gasteiger charge is 1.99. The van der Waals surface area contributed by atoms with Crippen molar-refractivity contribution in [2.24, 2.45) is 0 Å². The van der Waals surface area contributed by atoms with Crippen LogP contribution in [-0.4, -0.2) is 4.68 Å². The molecule has 0 bridgehead atoms. The molecule has 1 aromatic heterocycles. The fourth-order valence-corrected chi connectivity index (χ4v) is 0.983. The van der Waals surface area contributed by atoms with Crippen LogP contribution >= 0.6 is 0 Å². The highest BCUT2D eigenvalue weighted by Crippen LogP contribution is 1.80. The zero-order chi connectivity index (χ0) is 6.69. The van der Waals surface area contributed by atoms with Gasteiger partial charge >= 0.3 is 0 Å². The van der Waals surface area contributed by atoms with E-state index in [1.54, 1.807) is 0 Å². The number of aryl methyl sites for hydroxylation is 2. The predicted molar refractivity (Wildman–Crippen MR) is 36.0 cm³/mol. The summed E-state index contributed by atoms with van der Waals surface area (Å²) in [5.74, 6) is 0. The summed E-state index contributed by atoms with van der Waals surface area (Å²) < 4.78 is 4.36. The second kappa shape index (κ2) is 4.34. The SMILES string of the molecule is CCn1ccc[n+]1CC.[Cl-]. The van der Waals surface area contributed by atoms with Gasteiger partial charge in [0, 0.05) is 6.07 Å². The number of hydrogen-bond acceptors (Lipinski definition) is 0. The maximum atomic E-state index is 2.18. The van der Waals surface area contributed by atoms with E-state index in [4.69, 9.17) is 0 Å². The van der Waals surface area contributed by atoms with Crippen LogP contribution in [0, 0.1) is 0 Å². The van der Waals surface area contributed by atoms with E-state index >= 15 is 0 Å². The first kappa shape index (κ1) is 9.50. The summed E-state index contributed by atoms with van der Waals surface area (Å²) in [6.45, 7) is 6.40. The van der Waals surface area contributed by atoms with E-state index in [-0.39, 0.29) is 12.4 Å². The molecule has 0 fully saturated rings. The molecule has 0 radical (unpaired) electrons. The maximum Gasteiger partial charge on any atom is 0.195 e. The summed E-state index contributed by atoms with van der Waals surface area (Å²) in [7, 11) is 0. The summed E-state index contributed by atoms with van der Waals surface area (Å²) in [5.41, 5.74) is 0. The summed E-state index contributed by atoms with van der Waals surface area (Å²) in [6.07, 6.45) is 4.17. The third-order valence-electron chi connectivity index (χ3n) is 1.49. The lowest BCUT2D eigenvalue weighted by atomic mass is 10.7. The van der Waals surface area contributed by atoms with Crippen LogP contribution in [0.1, 0.15) is 13.8 Å². The predicted octanol–water partition coefficient (Wildman–Crippen LogP) is -2.18. The largest absolute Gasteiger partial charge is 1.00 e. The van der Waals surface area contributed by atoms with E-state index < -0.39 is 0 Å². The number of nitrogens with zero attached hydrogens (tertiary/aromatic N) is 2. The van der Waals surface area contributed by atoms with Crippen LogP contribution in [0.25, 0.3) is 0 Å². The van der Waals surface area contributed by atoms with Crippen molar-refractivity contribution in [2.45, 2.75) is 26.9 Å². The van der Waals surface area contributed by atoms with Crippen LogP contribution in [0.3, 0.4) is 0 Å². The molecule has 0 N–H and O–H groups in total. The molecule has 2 nitrogen and oxygen atoms in total. The molecule has 3 heteroatoms. The van der Waals surface area contributed by atoms with Gasteiger partial charge in [-0.05, 0) is 13.8 Å². The van der Waals surface area contributed by atoms with Crippen molar-refractivity contribution in [3.05, 3.63) is 18.5 Å². The molecule has 0 aliphatic rings. The lowest BCUT2D eigenvalue weighted by Crippen LogP contribution is -3.00. The van der Waals surface area contributed by atoms with Gasteiger partial charge in [-0.1, -0.05) is 0 Å². The molecule has 1 aromatic rings. The minimum atomic E-state index is 0. The molecular formula is C7H13ClN2. The molecule has 58 valence electrons. The Balaban J connectivity index is 0.000000810. The lowest BCUT2D eigenvalue weighted by Gasteiger charge is -1.93. The normalized spacial score (nSPS) is 9.00. The van der Waals surface area contributed by atoms with E-state index in [1.807, 2.05) is 0 Å². The number of halogens is 1. The average Bonchev–Trinajstić information content (AvgIpc) is 2.33. The van der Waals surface area contributed by atoms with E-state index in [0.717, 1.165) is 13.1 Å². The molecule has 0 aliphatic carbocycles. The Morgan fingerprint density at radius 1 is 1.40 bits per heavy atom. The number of aromatic nitrogens is 2. The van der Waals surface area contributed by atoms with Gasteiger partial charge in [0.25, 0.3) is 0 Å². The summed E-state index contributed by atoms with van der Waals surface area (Å²) in [5, 5.41) is 0. The molecule has 0 atom stereocenters. The maximum absolute atomic E-state index is 2.18. The van der Waals surface area contributed by atoms with Gasteiger partial charge in [-0.25, -0.2) is 0 Å². The van der Waals surface area contributed by atoms with Gasteiger partial charge in [-0.2, -0.15) is 4.68 Å². The van der Waals surface area contributed by atoms with Crippen molar-refractivity contribution in [3.8, 4) is 0 Å². The van der Waals surface area contributed by atoms with Gasteiger partial charge in [0.1, 0.15) is 0 Å². The Kier molecular flexibility index (Phi) is 4.12. The van der Waals surface area contributed by atoms with E-state index in [2.05, 4.69) is 41.7 Å². The Morgan fingerprint density at radius 2 is 2.10 bits per heavy atom. The standard InChI is InChI=1S/C7H13N2.ClH/c1-3-8-6-5-7-9(8)4-2;/h5-7H,3-4H2,1-2H3;1H/q+1;/p-1. The van der Waals surface area contributed by atoms with Crippen molar-refractivity contribution in [1.82, 2.24) is 4.68 Å². The first-order valence-electron chi connectivity index (χ1n) is 3.43. The van der Waals surface area contributed by atoms with Crippen molar-refractivity contribution in [2.75, 3.05) is 0 Å². The highest BCUT2D eigenvalue weighted by atomic mass is 35.5. The summed E-state index contributed by atoms with van der Waals surface area (Å²) in [6, 6.07) is 2.06. The van der Waals surface area contributed by atoms with Crippen molar-refractivity contribution in [3.63, 3.8) is 0 Å². The van der Waals surface area contributed by atoms with Gasteiger partial charge in [0.2, 0.25) is 0 Å². The van der Waals surface area contributed by atoms with Gasteiger partial charge in [-0.3, -0.25) is 0 Å². The Morgan fingerprint density at radius 3 is 2.50 bits per heavy atom. The molecule has 0 aliphatic heterocycles. The van der Waals surface area contributed by atoms with Gasteiger partial charge in [-0.15, -0.1) is 4.68 Å². The summed E-state index contributed by atoms with van der Waals surface area (Å²) >= 11 is 0. The van der Waals surface area contributed by atoms with Crippen LogP contribution in [0.15, 0.2) is 18.5 Å². The Bertz CT molecular complexity index is 165. The molecule has 0 spiro atoms. The van der Waals surface area contributed by atoms with E-state index in [1.165, 1.54) is 0 Å². The van der Waals surface area contributed by atoms with Crippen molar-refractivity contribution < 1.29 is 17.1 Å². The van der Waals surface area contributed by atoms with Crippen molar-refractivity contribution in [1.29, 1.82) is 0 Å². The number of hydrogen-bond donors (Lipinski definition) is 0. The van der Waals surface area contributed by atoms with Crippen LogP contribution < -0.4 is 17.1 Å². The first-order chi connectivity index (χ1) is 4.38. The average molecular weight is 161 g/mol. The molecule has 0 saturated heterocycles. The van der Waals surface area contributed by atoms with Crippen LogP contribution in [0.4, 0.5) is 0 Å². The van der Waals surface area contributed by atoms with Crippen LogP contribution in [-0.2, 0) is 13.1 Å². The molecule has 0 saturated carbocycles. The molecule has 0 unspecified atom stereocenters. The molecule has 1 heterocycles. The van der Waals surface area contributed by atoms with Crippen LogP contribution in [0.5, 0.6) is 0 Å². The third-order valence-corrected chi connectivity index (χ3v) is 1.49. The zero-order valence-electron chi connectivity index (χ0n) is 6.42. The van der Waals surface area contributed by atoms with Gasteiger partial charge in [0.15, 0.2) is 12.7 Å². The Hall–Kier alpha value is -0.500. The monoisotopic (exact) mass is 160 g/mol. The smallest absolute Gasteiger partial charge is 0.195 e. The van der Waals surface area contributed by atoms with Gasteiger partial charge < -0.3 is 12.4 Å². The molecule has 1 rings (SSSR count). The second-order valence-corrected chi connectivity index (χ2v) is 2.00. The fourth-order valence-electron chi connectivity index (χ4n) is 0.983. The highest BCUT2D eigenvalue weighted by molar-refractivity contribution is 4.70. The lowest BCUT2D eigenvalue weighted by molar-refractivity contribution is -0.772. The molecular weight excluding hydrogens is 148 g/mol. The zero-order valence-corrected chi connectivity index (χ0v) is 7.17. The van der Waals surface area contributed by atoms with E-state index in [0.29, 0.717) is 0 Å². The summed E-state index contributed by atoms with van der Waals surface area (Å²) in [4.78, 5) is 0. The minimum absolute atomic E-state index is 0. The minimum Gasteiger partial charge on any atom is -1.00 e. The van der Waals surface area contributed by atoms with Crippen molar-refractivity contribution >= 4 is 0 Å². The Labute approximate surface area is 67.9 Å². The molecule has 10 heavy (non-hydrogen) atoms. The quantitative estimate of drug-likeness (QED) is 0.435. The number of rotatable bonds is 2. The fraction of sp³-hybridized carbons (Fsp3) is 0.571. The second-order valence-electron chi connectivity index (χ2n) is 2.00. The topological polar surface area (TPSA) is 8.81 Å². The first-order valence-corrected chi connectivity index (χ1v) is 3.43.